The summed E-state index contributed by atoms with van der Waals surface area (Å²) >= 11 is 3.26. The Morgan fingerprint density at radius 2 is 1.50 bits per heavy atom. The first-order chi connectivity index (χ1) is 9.38. The van der Waals surface area contributed by atoms with Crippen LogP contribution in [0.25, 0.3) is 0 Å². The molecule has 0 aliphatic heterocycles. The Bertz CT molecular complexity index is 496. The molecule has 8 heteroatoms. The topological polar surface area (TPSA) is 18.5 Å². The Hall–Kier alpha value is -0.890. The molecule has 0 N–H and O–H groups in total. The van der Waals surface area contributed by atoms with Crippen LogP contribution in [0, 0.1) is 29.1 Å². The second-order valence-corrected chi connectivity index (χ2v) is 5.40. The summed E-state index contributed by atoms with van der Waals surface area (Å²) < 4.78 is 75.9. The molecule has 3 unspecified atom stereocenters. The summed E-state index contributed by atoms with van der Waals surface area (Å²) in [5, 5.41) is 0. The zero-order chi connectivity index (χ0) is 15.0. The Morgan fingerprint density at radius 1 is 1.00 bits per heavy atom. The van der Waals surface area contributed by atoms with Crippen LogP contribution in [0.3, 0.4) is 0 Å². The van der Waals surface area contributed by atoms with Gasteiger partial charge >= 0.3 is 0 Å². The Balaban J connectivity index is 2.26. The first-order valence-electron chi connectivity index (χ1n) is 5.82. The van der Waals surface area contributed by atoms with Gasteiger partial charge in [0.1, 0.15) is 12.2 Å². The van der Waals surface area contributed by atoms with Gasteiger partial charge in [0.2, 0.25) is 29.1 Å². The number of hydrogen-bond acceptors (Lipinski definition) is 2. The number of hydrogen-bond donors (Lipinski definition) is 0. The number of halogens is 6. The van der Waals surface area contributed by atoms with Crippen molar-refractivity contribution in [3.63, 3.8) is 0 Å². The molecule has 0 amide bonds. The van der Waals surface area contributed by atoms with Gasteiger partial charge in [-0.1, -0.05) is 15.9 Å². The summed E-state index contributed by atoms with van der Waals surface area (Å²) in [6.45, 7) is 2.05. The maximum Gasteiger partial charge on any atom is 0.207 e. The molecule has 0 heterocycles. The molecule has 1 aliphatic carbocycles. The van der Waals surface area contributed by atoms with Crippen molar-refractivity contribution in [2.45, 2.75) is 30.4 Å². The van der Waals surface area contributed by atoms with Gasteiger partial charge < -0.3 is 9.47 Å². The molecular formula is C12H10BrF5O2. The summed E-state index contributed by atoms with van der Waals surface area (Å²) in [6, 6.07) is 0. The monoisotopic (exact) mass is 360 g/mol. The fourth-order valence-corrected chi connectivity index (χ4v) is 2.75. The van der Waals surface area contributed by atoms with Crippen LogP contribution >= 0.6 is 15.9 Å². The largest absolute Gasteiger partial charge is 0.481 e. The van der Waals surface area contributed by atoms with Crippen LogP contribution in [-0.2, 0) is 4.74 Å². The van der Waals surface area contributed by atoms with Gasteiger partial charge in [0.25, 0.3) is 0 Å². The summed E-state index contributed by atoms with van der Waals surface area (Å²) in [6.07, 6.45) is -0.938. The fraction of sp³-hybridized carbons (Fsp3) is 0.500. The number of ether oxygens (including phenoxy) is 2. The van der Waals surface area contributed by atoms with Crippen LogP contribution in [0.4, 0.5) is 22.0 Å². The van der Waals surface area contributed by atoms with Crippen LogP contribution in [0.15, 0.2) is 0 Å². The van der Waals surface area contributed by atoms with E-state index in [2.05, 4.69) is 15.9 Å². The third kappa shape index (κ3) is 2.50. The molecule has 0 radical (unpaired) electrons. The molecule has 1 aromatic rings. The van der Waals surface area contributed by atoms with Crippen molar-refractivity contribution in [3.8, 4) is 5.75 Å². The van der Waals surface area contributed by atoms with E-state index in [1.807, 2.05) is 0 Å². The van der Waals surface area contributed by atoms with E-state index >= 15 is 0 Å². The molecule has 0 aromatic heterocycles. The van der Waals surface area contributed by atoms with Gasteiger partial charge in [0, 0.05) is 17.9 Å². The molecular weight excluding hydrogens is 351 g/mol. The third-order valence-electron chi connectivity index (χ3n) is 2.98. The van der Waals surface area contributed by atoms with Gasteiger partial charge in [-0.25, -0.2) is 13.2 Å². The van der Waals surface area contributed by atoms with Crippen LogP contribution in [-0.4, -0.2) is 23.6 Å². The van der Waals surface area contributed by atoms with Gasteiger partial charge in [-0.2, -0.15) is 8.78 Å². The predicted octanol–water partition coefficient (Wildman–Crippen LogP) is 3.70. The normalized spacial score (nSPS) is 25.4. The molecule has 20 heavy (non-hydrogen) atoms. The van der Waals surface area contributed by atoms with Crippen molar-refractivity contribution >= 4 is 15.9 Å². The first kappa shape index (κ1) is 15.5. The lowest BCUT2D eigenvalue weighted by molar-refractivity contribution is -0.0750. The average molecular weight is 361 g/mol. The van der Waals surface area contributed by atoms with Crippen LogP contribution in [0.1, 0.15) is 13.3 Å². The van der Waals surface area contributed by atoms with E-state index in [4.69, 9.17) is 9.47 Å². The van der Waals surface area contributed by atoms with E-state index in [1.54, 1.807) is 6.92 Å². The highest BCUT2D eigenvalue weighted by molar-refractivity contribution is 9.09. The minimum atomic E-state index is -2.21. The van der Waals surface area contributed by atoms with Gasteiger partial charge in [-0.3, -0.25) is 0 Å². The first-order valence-corrected chi connectivity index (χ1v) is 6.73. The lowest BCUT2D eigenvalue weighted by Crippen LogP contribution is -2.52. The molecule has 2 nitrogen and oxygen atoms in total. The maximum atomic E-state index is 13.4. The molecule has 1 aliphatic rings. The molecule has 1 saturated carbocycles. The van der Waals surface area contributed by atoms with Crippen molar-refractivity contribution in [2.24, 2.45) is 0 Å². The van der Waals surface area contributed by atoms with E-state index in [0.717, 1.165) is 0 Å². The minimum absolute atomic E-state index is 0.0892. The Kier molecular flexibility index (Phi) is 4.53. The highest BCUT2D eigenvalue weighted by Crippen LogP contribution is 2.37. The van der Waals surface area contributed by atoms with Crippen molar-refractivity contribution in [3.05, 3.63) is 29.1 Å². The minimum Gasteiger partial charge on any atom is -0.481 e. The van der Waals surface area contributed by atoms with E-state index in [0.29, 0.717) is 13.0 Å². The van der Waals surface area contributed by atoms with E-state index in [1.165, 1.54) is 0 Å². The van der Waals surface area contributed by atoms with Crippen LogP contribution in [0.2, 0.25) is 0 Å². The van der Waals surface area contributed by atoms with E-state index in [9.17, 15) is 22.0 Å². The zero-order valence-electron chi connectivity index (χ0n) is 10.2. The van der Waals surface area contributed by atoms with Crippen molar-refractivity contribution in [1.29, 1.82) is 0 Å². The Labute approximate surface area is 120 Å². The summed E-state index contributed by atoms with van der Waals surface area (Å²) in [4.78, 5) is -0.0892. The molecule has 112 valence electrons. The lowest BCUT2D eigenvalue weighted by Gasteiger charge is -2.40. The molecule has 1 fully saturated rings. The summed E-state index contributed by atoms with van der Waals surface area (Å²) in [5.74, 6) is -11.5. The van der Waals surface area contributed by atoms with Gasteiger partial charge in [0.05, 0.1) is 0 Å². The second-order valence-electron chi connectivity index (χ2n) is 4.23. The number of rotatable bonds is 4. The highest BCUT2D eigenvalue weighted by atomic mass is 79.9. The summed E-state index contributed by atoms with van der Waals surface area (Å²) in [7, 11) is 0. The standard InChI is InChI=1S/C12H10BrF5O2/c1-2-19-11-4(13)3-5(11)20-12-9(17)7(15)6(14)8(16)10(12)18/h4-5,11H,2-3H2,1H3. The van der Waals surface area contributed by atoms with Gasteiger partial charge in [0.15, 0.2) is 5.75 Å². The average Bonchev–Trinajstić information content (AvgIpc) is 2.43. The van der Waals surface area contributed by atoms with Crippen LogP contribution < -0.4 is 4.74 Å². The van der Waals surface area contributed by atoms with E-state index in [-0.39, 0.29) is 4.83 Å². The number of alkyl halides is 1. The van der Waals surface area contributed by atoms with Crippen molar-refractivity contribution in [1.82, 2.24) is 0 Å². The van der Waals surface area contributed by atoms with Gasteiger partial charge in [-0.15, -0.1) is 0 Å². The van der Waals surface area contributed by atoms with E-state index < -0.39 is 47.0 Å². The quantitative estimate of drug-likeness (QED) is 0.352. The molecule has 1 aromatic carbocycles. The van der Waals surface area contributed by atoms with Crippen LogP contribution in [0.5, 0.6) is 5.75 Å². The molecule has 3 atom stereocenters. The second kappa shape index (κ2) is 5.85. The maximum absolute atomic E-state index is 13.4. The molecule has 0 saturated heterocycles. The van der Waals surface area contributed by atoms with Crippen molar-refractivity contribution < 1.29 is 31.4 Å². The SMILES string of the molecule is CCOC1C(Br)CC1Oc1c(F)c(F)c(F)c(F)c1F. The fourth-order valence-electron chi connectivity index (χ4n) is 1.89. The highest BCUT2D eigenvalue weighted by Gasteiger charge is 2.43. The number of benzene rings is 1. The summed E-state index contributed by atoms with van der Waals surface area (Å²) in [5.41, 5.74) is 0. The smallest absolute Gasteiger partial charge is 0.207 e. The van der Waals surface area contributed by atoms with Crippen molar-refractivity contribution in [2.75, 3.05) is 6.61 Å². The Morgan fingerprint density at radius 3 is 1.95 bits per heavy atom. The molecule has 2 rings (SSSR count). The molecule has 0 bridgehead atoms. The van der Waals surface area contributed by atoms with Gasteiger partial charge in [-0.05, 0) is 6.92 Å². The molecule has 0 spiro atoms. The lowest BCUT2D eigenvalue weighted by atomic mass is 9.91. The zero-order valence-corrected chi connectivity index (χ0v) is 11.8. The third-order valence-corrected chi connectivity index (χ3v) is 3.87. The predicted molar refractivity (Wildman–Crippen MR) is 63.4 cm³/mol.